The Hall–Kier alpha value is -1.45. The lowest BCUT2D eigenvalue weighted by Crippen LogP contribution is -2.12. The molecular weight excluding hydrogens is 216 g/mol. The first kappa shape index (κ1) is 12.0. The predicted molar refractivity (Wildman–Crippen MR) is 64.0 cm³/mol. The van der Waals surface area contributed by atoms with Gasteiger partial charge in [0, 0.05) is 5.69 Å². The number of hydrogen-bond donors (Lipinski definition) is 1. The molecule has 92 valence electrons. The fraction of sp³-hybridized carbons (Fsp3) is 0.615. The summed E-state index contributed by atoms with van der Waals surface area (Å²) >= 11 is 0. The molecule has 17 heavy (non-hydrogen) atoms. The molecule has 0 radical (unpaired) electrons. The van der Waals surface area contributed by atoms with Crippen LogP contribution in [0.25, 0.3) is 0 Å². The predicted octanol–water partition coefficient (Wildman–Crippen LogP) is 2.61. The minimum atomic E-state index is -0.972. The standard InChI is InChI=1S/C13H18N2O2/c1-9-14-11(8-12(15-9)13(16)17)7-10-5-3-2-4-6-10/h8,10H,2-7H2,1H3,(H,16,17). The van der Waals surface area contributed by atoms with E-state index in [4.69, 9.17) is 5.11 Å². The Morgan fingerprint density at radius 1 is 1.35 bits per heavy atom. The molecule has 0 aliphatic heterocycles. The van der Waals surface area contributed by atoms with Crippen LogP contribution in [0.1, 0.15) is 54.1 Å². The van der Waals surface area contributed by atoms with Crippen LogP contribution in [0.4, 0.5) is 0 Å². The largest absolute Gasteiger partial charge is 0.477 e. The molecule has 1 saturated carbocycles. The number of carboxylic acids is 1. The summed E-state index contributed by atoms with van der Waals surface area (Å²) in [5.41, 5.74) is 0.991. The Morgan fingerprint density at radius 3 is 2.71 bits per heavy atom. The zero-order chi connectivity index (χ0) is 12.3. The number of hydrogen-bond acceptors (Lipinski definition) is 3. The molecule has 4 heteroatoms. The highest BCUT2D eigenvalue weighted by molar-refractivity contribution is 5.85. The van der Waals surface area contributed by atoms with Gasteiger partial charge < -0.3 is 5.11 Å². The van der Waals surface area contributed by atoms with Gasteiger partial charge in [0.15, 0.2) is 5.69 Å². The Labute approximate surface area is 101 Å². The summed E-state index contributed by atoms with van der Waals surface area (Å²) in [4.78, 5) is 19.2. The maximum Gasteiger partial charge on any atom is 0.354 e. The molecule has 0 spiro atoms. The van der Waals surface area contributed by atoms with Crippen molar-refractivity contribution >= 4 is 5.97 Å². The lowest BCUT2D eigenvalue weighted by molar-refractivity contribution is 0.0689. The highest BCUT2D eigenvalue weighted by Gasteiger charge is 2.16. The fourth-order valence-electron chi connectivity index (χ4n) is 2.53. The molecule has 0 bridgehead atoms. The van der Waals surface area contributed by atoms with Gasteiger partial charge in [0.2, 0.25) is 0 Å². The highest BCUT2D eigenvalue weighted by atomic mass is 16.4. The van der Waals surface area contributed by atoms with Gasteiger partial charge >= 0.3 is 5.97 Å². The molecule has 0 atom stereocenters. The molecular formula is C13H18N2O2. The Morgan fingerprint density at radius 2 is 2.06 bits per heavy atom. The van der Waals surface area contributed by atoms with Crippen molar-refractivity contribution in [3.63, 3.8) is 0 Å². The number of carboxylic acid groups (broad SMARTS) is 1. The van der Waals surface area contributed by atoms with E-state index in [0.717, 1.165) is 12.1 Å². The average molecular weight is 234 g/mol. The topological polar surface area (TPSA) is 63.1 Å². The third-order valence-electron chi connectivity index (χ3n) is 3.33. The third kappa shape index (κ3) is 3.25. The first-order valence-electron chi connectivity index (χ1n) is 6.23. The van der Waals surface area contributed by atoms with Gasteiger partial charge in [0.05, 0.1) is 0 Å². The van der Waals surface area contributed by atoms with E-state index in [1.807, 2.05) is 0 Å². The van der Waals surface area contributed by atoms with E-state index >= 15 is 0 Å². The summed E-state index contributed by atoms with van der Waals surface area (Å²) in [6, 6.07) is 1.62. The van der Waals surface area contributed by atoms with Crippen LogP contribution in [0.2, 0.25) is 0 Å². The van der Waals surface area contributed by atoms with Gasteiger partial charge in [-0.05, 0) is 25.3 Å². The van der Waals surface area contributed by atoms with Crippen LogP contribution < -0.4 is 0 Å². The van der Waals surface area contributed by atoms with Crippen LogP contribution in [0.3, 0.4) is 0 Å². The number of rotatable bonds is 3. The minimum absolute atomic E-state index is 0.114. The average Bonchev–Trinajstić information content (AvgIpc) is 2.29. The van der Waals surface area contributed by atoms with Crippen molar-refractivity contribution in [2.24, 2.45) is 5.92 Å². The number of aromatic nitrogens is 2. The Balaban J connectivity index is 2.11. The molecule has 1 aliphatic carbocycles. The smallest absolute Gasteiger partial charge is 0.354 e. The number of nitrogens with zero attached hydrogens (tertiary/aromatic N) is 2. The first-order valence-corrected chi connectivity index (χ1v) is 6.23. The molecule has 2 rings (SSSR count). The summed E-state index contributed by atoms with van der Waals surface area (Å²) in [7, 11) is 0. The van der Waals surface area contributed by atoms with Gasteiger partial charge in [-0.3, -0.25) is 0 Å². The van der Waals surface area contributed by atoms with Crippen molar-refractivity contribution in [2.75, 3.05) is 0 Å². The SMILES string of the molecule is Cc1nc(CC2CCCCC2)cc(C(=O)O)n1. The van der Waals surface area contributed by atoms with Crippen LogP contribution in [-0.4, -0.2) is 21.0 Å². The maximum atomic E-state index is 10.9. The van der Waals surface area contributed by atoms with Gasteiger partial charge in [-0.1, -0.05) is 32.1 Å². The van der Waals surface area contributed by atoms with Crippen molar-refractivity contribution in [1.29, 1.82) is 0 Å². The third-order valence-corrected chi connectivity index (χ3v) is 3.33. The van der Waals surface area contributed by atoms with Gasteiger partial charge in [-0.2, -0.15) is 0 Å². The van der Waals surface area contributed by atoms with E-state index < -0.39 is 5.97 Å². The summed E-state index contributed by atoms with van der Waals surface area (Å²) < 4.78 is 0. The molecule has 1 aromatic rings. The van der Waals surface area contributed by atoms with E-state index in [-0.39, 0.29) is 5.69 Å². The van der Waals surface area contributed by atoms with Gasteiger partial charge in [0.1, 0.15) is 5.82 Å². The quantitative estimate of drug-likeness (QED) is 0.873. The first-order chi connectivity index (χ1) is 8.15. The molecule has 1 heterocycles. The molecule has 1 aliphatic rings. The monoisotopic (exact) mass is 234 g/mol. The van der Waals surface area contributed by atoms with Gasteiger partial charge in [-0.15, -0.1) is 0 Å². The van der Waals surface area contributed by atoms with Crippen LogP contribution in [0.5, 0.6) is 0 Å². The highest BCUT2D eigenvalue weighted by Crippen LogP contribution is 2.26. The van der Waals surface area contributed by atoms with Crippen molar-refractivity contribution in [2.45, 2.75) is 45.4 Å². The van der Waals surface area contributed by atoms with Crippen molar-refractivity contribution in [3.8, 4) is 0 Å². The molecule has 0 unspecified atom stereocenters. The van der Waals surface area contributed by atoms with E-state index in [1.165, 1.54) is 32.1 Å². The minimum Gasteiger partial charge on any atom is -0.477 e. The Kier molecular flexibility index (Phi) is 3.71. The molecule has 1 N–H and O–H groups in total. The van der Waals surface area contributed by atoms with Crippen LogP contribution >= 0.6 is 0 Å². The number of carbonyl (C=O) groups is 1. The zero-order valence-corrected chi connectivity index (χ0v) is 10.1. The molecule has 0 amide bonds. The lowest BCUT2D eigenvalue weighted by Gasteiger charge is -2.21. The van der Waals surface area contributed by atoms with E-state index in [9.17, 15) is 4.79 Å². The summed E-state index contributed by atoms with van der Waals surface area (Å²) in [6.45, 7) is 1.75. The van der Waals surface area contributed by atoms with Crippen LogP contribution in [-0.2, 0) is 6.42 Å². The summed E-state index contributed by atoms with van der Waals surface area (Å²) in [5.74, 6) is 0.246. The number of aryl methyl sites for hydroxylation is 1. The molecule has 1 fully saturated rings. The lowest BCUT2D eigenvalue weighted by atomic mass is 9.86. The second kappa shape index (κ2) is 5.25. The van der Waals surface area contributed by atoms with E-state index in [1.54, 1.807) is 13.0 Å². The van der Waals surface area contributed by atoms with Gasteiger partial charge in [-0.25, -0.2) is 14.8 Å². The molecule has 0 aromatic carbocycles. The second-order valence-electron chi connectivity index (χ2n) is 4.81. The van der Waals surface area contributed by atoms with Crippen LogP contribution in [0.15, 0.2) is 6.07 Å². The van der Waals surface area contributed by atoms with Crippen molar-refractivity contribution < 1.29 is 9.90 Å². The van der Waals surface area contributed by atoms with E-state index in [0.29, 0.717) is 11.7 Å². The fourth-order valence-corrected chi connectivity index (χ4v) is 2.53. The van der Waals surface area contributed by atoms with Gasteiger partial charge in [0.25, 0.3) is 0 Å². The Bertz CT molecular complexity index is 412. The molecule has 1 aromatic heterocycles. The van der Waals surface area contributed by atoms with Crippen molar-refractivity contribution in [3.05, 3.63) is 23.3 Å². The van der Waals surface area contributed by atoms with E-state index in [2.05, 4.69) is 9.97 Å². The normalized spacial score (nSPS) is 17.0. The number of aromatic carboxylic acids is 1. The molecule has 0 saturated heterocycles. The van der Waals surface area contributed by atoms with Crippen LogP contribution in [0, 0.1) is 12.8 Å². The molecule has 4 nitrogen and oxygen atoms in total. The van der Waals surface area contributed by atoms with Crippen molar-refractivity contribution in [1.82, 2.24) is 9.97 Å². The summed E-state index contributed by atoms with van der Waals surface area (Å²) in [5, 5.41) is 8.95. The maximum absolute atomic E-state index is 10.9. The zero-order valence-electron chi connectivity index (χ0n) is 10.1. The second-order valence-corrected chi connectivity index (χ2v) is 4.81. The summed E-state index contributed by atoms with van der Waals surface area (Å²) in [6.07, 6.45) is 7.29.